The summed E-state index contributed by atoms with van der Waals surface area (Å²) in [5.74, 6) is -0.444. The number of para-hydroxylation sites is 1. The number of benzene rings is 2. The van der Waals surface area contributed by atoms with Crippen molar-refractivity contribution < 1.29 is 37.1 Å². The number of hydrogen-bond acceptors (Lipinski definition) is 7. The molecule has 0 amide bonds. The van der Waals surface area contributed by atoms with Crippen LogP contribution in [-0.4, -0.2) is 45.8 Å². The topological polar surface area (TPSA) is 97.9 Å². The van der Waals surface area contributed by atoms with E-state index in [9.17, 15) is 23.1 Å². The summed E-state index contributed by atoms with van der Waals surface area (Å²) in [6.45, 7) is 0.195. The van der Waals surface area contributed by atoms with E-state index in [0.29, 0.717) is 17.0 Å². The van der Waals surface area contributed by atoms with Crippen molar-refractivity contribution in [3.8, 4) is 17.0 Å². The lowest BCUT2D eigenvalue weighted by Crippen LogP contribution is -2.45. The van der Waals surface area contributed by atoms with Crippen molar-refractivity contribution in [3.63, 3.8) is 0 Å². The number of alkyl halides is 3. The summed E-state index contributed by atoms with van der Waals surface area (Å²) >= 11 is 0. The number of hydrogen-bond donors (Lipinski definition) is 1. The van der Waals surface area contributed by atoms with Gasteiger partial charge in [0.1, 0.15) is 17.2 Å². The number of piperidine rings is 1. The van der Waals surface area contributed by atoms with Gasteiger partial charge in [-0.05, 0) is 68.9 Å². The zero-order chi connectivity index (χ0) is 29.0. The highest BCUT2D eigenvalue weighted by Crippen LogP contribution is 2.46. The van der Waals surface area contributed by atoms with Crippen LogP contribution in [-0.2, 0) is 11.3 Å². The van der Waals surface area contributed by atoms with Crippen molar-refractivity contribution in [1.29, 1.82) is 0 Å². The Balaban J connectivity index is 1.09. The number of aromatic nitrogens is 2. The standard InChI is InChI=1S/C31H28F3N3O5/c32-31(33,34)41-27-4-2-1-3-24(27)28-25(29(42-36-28)17-5-6-17)16-40-23-12-20-9-10-21(13-23)37(20)22-8-7-18-11-19(30(38)39)15-35-26(18)14-22/h1-4,7-8,11,14-15,17,20-21,23H,5-6,9-10,12-13,16H2,(H,38,39). The van der Waals surface area contributed by atoms with E-state index in [0.717, 1.165) is 55.1 Å². The predicted octanol–water partition coefficient (Wildman–Crippen LogP) is 7.08. The average molecular weight is 580 g/mol. The van der Waals surface area contributed by atoms with E-state index in [4.69, 9.17) is 9.26 Å². The summed E-state index contributed by atoms with van der Waals surface area (Å²) in [6.07, 6.45) is 2.11. The van der Waals surface area contributed by atoms with Crippen LogP contribution in [0.2, 0.25) is 0 Å². The number of fused-ring (bicyclic) bond motifs is 3. The van der Waals surface area contributed by atoms with Gasteiger partial charge < -0.3 is 24.0 Å². The molecule has 1 N–H and O–H groups in total. The van der Waals surface area contributed by atoms with Gasteiger partial charge in [0.2, 0.25) is 0 Å². The van der Waals surface area contributed by atoms with E-state index in [2.05, 4.69) is 19.8 Å². The Morgan fingerprint density at radius 1 is 1.05 bits per heavy atom. The lowest BCUT2D eigenvalue weighted by atomic mass is 9.98. The number of carbonyl (C=O) groups is 1. The maximum atomic E-state index is 13.1. The molecule has 3 aliphatic rings. The molecule has 2 saturated heterocycles. The van der Waals surface area contributed by atoms with Crippen LogP contribution in [0.5, 0.6) is 5.75 Å². The van der Waals surface area contributed by atoms with E-state index in [1.807, 2.05) is 18.2 Å². The van der Waals surface area contributed by atoms with E-state index < -0.39 is 12.3 Å². The number of nitrogens with zero attached hydrogens (tertiary/aromatic N) is 3. The summed E-state index contributed by atoms with van der Waals surface area (Å²) in [6, 6.07) is 14.1. The molecule has 3 fully saturated rings. The molecule has 1 aliphatic carbocycles. The van der Waals surface area contributed by atoms with Crippen molar-refractivity contribution in [2.45, 2.75) is 75.6 Å². The molecule has 11 heteroatoms. The number of carboxylic acid groups (broad SMARTS) is 1. The van der Waals surface area contributed by atoms with Crippen LogP contribution < -0.4 is 9.64 Å². The third-order valence-electron chi connectivity index (χ3n) is 8.50. The molecule has 8 nitrogen and oxygen atoms in total. The summed E-state index contributed by atoms with van der Waals surface area (Å²) in [7, 11) is 0. The first-order valence-corrected chi connectivity index (χ1v) is 14.1. The number of halogens is 3. The highest BCUT2D eigenvalue weighted by atomic mass is 19.4. The van der Waals surface area contributed by atoms with Crippen LogP contribution in [0.25, 0.3) is 22.2 Å². The molecule has 42 heavy (non-hydrogen) atoms. The van der Waals surface area contributed by atoms with E-state index >= 15 is 0 Å². The molecule has 2 aromatic carbocycles. The second-order valence-corrected chi connectivity index (χ2v) is 11.3. The summed E-state index contributed by atoms with van der Waals surface area (Å²) in [4.78, 5) is 18.1. The molecule has 2 bridgehead atoms. The Kier molecular flexibility index (Phi) is 6.56. The molecule has 218 valence electrons. The van der Waals surface area contributed by atoms with Gasteiger partial charge in [-0.25, -0.2) is 4.79 Å². The van der Waals surface area contributed by atoms with Crippen molar-refractivity contribution >= 4 is 22.6 Å². The molecule has 7 rings (SSSR count). The van der Waals surface area contributed by atoms with Crippen LogP contribution >= 0.6 is 0 Å². The molecule has 2 aliphatic heterocycles. The van der Waals surface area contributed by atoms with Crippen molar-refractivity contribution in [1.82, 2.24) is 10.1 Å². The fourth-order valence-corrected chi connectivity index (χ4v) is 6.49. The fraction of sp³-hybridized carbons (Fsp3) is 0.387. The number of rotatable bonds is 8. The minimum Gasteiger partial charge on any atom is -0.478 e. The number of carboxylic acids is 1. The molecule has 2 atom stereocenters. The Morgan fingerprint density at radius 2 is 1.81 bits per heavy atom. The summed E-state index contributed by atoms with van der Waals surface area (Å²) < 4.78 is 55.8. The minimum absolute atomic E-state index is 0.0214. The molecule has 2 unspecified atom stereocenters. The van der Waals surface area contributed by atoms with Crippen LogP contribution in [0, 0.1) is 0 Å². The lowest BCUT2D eigenvalue weighted by Gasteiger charge is -2.40. The Bertz CT molecular complexity index is 1640. The fourth-order valence-electron chi connectivity index (χ4n) is 6.49. The molecule has 1 saturated carbocycles. The number of ether oxygens (including phenoxy) is 2. The van der Waals surface area contributed by atoms with Gasteiger partial charge >= 0.3 is 12.3 Å². The van der Waals surface area contributed by atoms with Gasteiger partial charge in [0.25, 0.3) is 0 Å². The maximum Gasteiger partial charge on any atom is 0.573 e. The minimum atomic E-state index is -4.83. The number of anilines is 1. The van der Waals surface area contributed by atoms with Gasteiger partial charge in [-0.2, -0.15) is 0 Å². The van der Waals surface area contributed by atoms with Gasteiger partial charge in [0.15, 0.2) is 0 Å². The van der Waals surface area contributed by atoms with Crippen molar-refractivity contribution in [2.75, 3.05) is 4.90 Å². The molecule has 4 heterocycles. The van der Waals surface area contributed by atoms with Crippen molar-refractivity contribution in [3.05, 3.63) is 71.6 Å². The zero-order valence-electron chi connectivity index (χ0n) is 22.5. The largest absolute Gasteiger partial charge is 0.573 e. The predicted molar refractivity (Wildman–Crippen MR) is 146 cm³/mol. The van der Waals surface area contributed by atoms with Crippen LogP contribution in [0.1, 0.15) is 66.1 Å². The van der Waals surface area contributed by atoms with Gasteiger partial charge in [-0.15, -0.1) is 13.2 Å². The summed E-state index contributed by atoms with van der Waals surface area (Å²) in [5, 5.41) is 14.2. The Morgan fingerprint density at radius 3 is 2.52 bits per heavy atom. The number of pyridine rings is 1. The molecule has 4 aromatic rings. The third-order valence-corrected chi connectivity index (χ3v) is 8.50. The highest BCUT2D eigenvalue weighted by Gasteiger charge is 2.42. The molecular formula is C31H28F3N3O5. The van der Waals surface area contributed by atoms with Crippen LogP contribution in [0.3, 0.4) is 0 Å². The van der Waals surface area contributed by atoms with Crippen molar-refractivity contribution in [2.24, 2.45) is 0 Å². The molecule has 0 radical (unpaired) electrons. The van der Waals surface area contributed by atoms with E-state index in [-0.39, 0.29) is 47.6 Å². The van der Waals surface area contributed by atoms with E-state index in [1.54, 1.807) is 18.2 Å². The second kappa shape index (κ2) is 10.3. The van der Waals surface area contributed by atoms with Crippen LogP contribution in [0.15, 0.2) is 59.3 Å². The molecule has 0 spiro atoms. The SMILES string of the molecule is O=C(O)c1cnc2cc(N3C4CCC3CC(OCc3c(-c5ccccc5OC(F)(F)F)noc3C3CC3)C4)ccc2c1. The van der Waals surface area contributed by atoms with Gasteiger partial charge in [-0.3, -0.25) is 4.98 Å². The summed E-state index contributed by atoms with van der Waals surface area (Å²) in [5.41, 5.74) is 3.20. The van der Waals surface area contributed by atoms with Gasteiger partial charge in [0.05, 0.1) is 23.8 Å². The lowest BCUT2D eigenvalue weighted by molar-refractivity contribution is -0.274. The van der Waals surface area contributed by atoms with E-state index in [1.165, 1.54) is 18.3 Å². The Hall–Kier alpha value is -4.12. The Labute approximate surface area is 239 Å². The average Bonchev–Trinajstić information content (AvgIpc) is 3.66. The highest BCUT2D eigenvalue weighted by molar-refractivity contribution is 5.93. The van der Waals surface area contributed by atoms with Gasteiger partial charge in [-0.1, -0.05) is 23.4 Å². The first-order chi connectivity index (χ1) is 20.2. The van der Waals surface area contributed by atoms with Crippen LogP contribution in [0.4, 0.5) is 18.9 Å². The smallest absolute Gasteiger partial charge is 0.478 e. The monoisotopic (exact) mass is 579 g/mol. The quantitative estimate of drug-likeness (QED) is 0.237. The zero-order valence-corrected chi connectivity index (χ0v) is 22.5. The first-order valence-electron chi connectivity index (χ1n) is 14.1. The molecule has 2 aromatic heterocycles. The molecular weight excluding hydrogens is 551 g/mol. The third kappa shape index (κ3) is 5.17. The number of aromatic carboxylic acids is 1. The first kappa shape index (κ1) is 26.8. The van der Waals surface area contributed by atoms with Gasteiger partial charge in [0, 0.05) is 46.4 Å². The second-order valence-electron chi connectivity index (χ2n) is 11.3. The maximum absolute atomic E-state index is 13.1. The normalized spacial score (nSPS) is 22.1.